The van der Waals surface area contributed by atoms with E-state index < -0.39 is 49.7 Å². The van der Waals surface area contributed by atoms with E-state index in [0.29, 0.717) is 5.75 Å². The highest BCUT2D eigenvalue weighted by Gasteiger charge is 2.46. The van der Waals surface area contributed by atoms with Crippen LogP contribution in [0.2, 0.25) is 0 Å². The van der Waals surface area contributed by atoms with E-state index in [1.165, 1.54) is 12.3 Å². The molecular formula is C22H30N3O8P. The minimum Gasteiger partial charge on any atom is -0.462 e. The van der Waals surface area contributed by atoms with Crippen LogP contribution in [0.25, 0.3) is 0 Å². The van der Waals surface area contributed by atoms with E-state index in [9.17, 15) is 19.5 Å². The van der Waals surface area contributed by atoms with Crippen molar-refractivity contribution in [3.63, 3.8) is 0 Å². The van der Waals surface area contributed by atoms with Crippen molar-refractivity contribution in [2.45, 2.75) is 64.2 Å². The molecule has 3 N–H and O–H groups in total. The van der Waals surface area contributed by atoms with Crippen LogP contribution in [0.5, 0.6) is 5.75 Å². The molecule has 1 fully saturated rings. The van der Waals surface area contributed by atoms with Crippen molar-refractivity contribution in [1.29, 1.82) is 0 Å². The van der Waals surface area contributed by atoms with Crippen molar-refractivity contribution in [2.24, 2.45) is 0 Å². The molecule has 34 heavy (non-hydrogen) atoms. The van der Waals surface area contributed by atoms with Gasteiger partial charge in [-0.15, -0.1) is 0 Å². The van der Waals surface area contributed by atoms with Gasteiger partial charge in [-0.25, -0.2) is 9.88 Å². The number of aliphatic hydroxyl groups is 1. The van der Waals surface area contributed by atoms with Crippen LogP contribution in [0.3, 0.4) is 0 Å². The zero-order valence-corrected chi connectivity index (χ0v) is 20.4. The fourth-order valence-corrected chi connectivity index (χ4v) is 4.59. The number of benzene rings is 1. The number of aromatic nitrogens is 2. The molecule has 3 rings (SSSR count). The first-order valence-electron chi connectivity index (χ1n) is 10.9. The first-order valence-corrected chi connectivity index (χ1v) is 12.0. The Kier molecular flexibility index (Phi) is 8.62. The number of H-pyrrole nitrogens is 1. The second-order valence-electron chi connectivity index (χ2n) is 8.48. The summed E-state index contributed by atoms with van der Waals surface area (Å²) >= 11 is 0. The van der Waals surface area contributed by atoms with Gasteiger partial charge in [0.1, 0.15) is 17.4 Å². The van der Waals surface area contributed by atoms with Crippen LogP contribution in [-0.2, 0) is 18.8 Å². The van der Waals surface area contributed by atoms with E-state index in [-0.39, 0.29) is 19.1 Å². The summed E-state index contributed by atoms with van der Waals surface area (Å²) in [4.78, 5) is 37.9. The topological polar surface area (TPSA) is 141 Å². The number of rotatable bonds is 10. The van der Waals surface area contributed by atoms with E-state index >= 15 is 0 Å². The number of esters is 1. The largest absolute Gasteiger partial charge is 0.462 e. The number of carbonyl (C=O) groups is 1. The molecule has 1 aliphatic heterocycles. The molecule has 2 aromatic rings. The maximum atomic E-state index is 12.2. The van der Waals surface area contributed by atoms with E-state index in [2.05, 4.69) is 10.1 Å². The SMILES string of the molecule is CC(C)OC(=O)C(C)N[P@](OCC1C[C@@](C)(O)C(n2ccc(=O)[nH]c2=O)O1)Oc1ccccc1. The molecule has 11 nitrogen and oxygen atoms in total. The molecule has 1 aliphatic rings. The third kappa shape index (κ3) is 6.97. The van der Waals surface area contributed by atoms with E-state index in [1.807, 2.05) is 18.2 Å². The quantitative estimate of drug-likeness (QED) is 0.332. The number of hydrogen-bond donors (Lipinski definition) is 3. The smallest absolute Gasteiger partial charge is 0.330 e. The monoisotopic (exact) mass is 495 g/mol. The number of ether oxygens (including phenoxy) is 2. The van der Waals surface area contributed by atoms with Gasteiger partial charge < -0.3 is 23.6 Å². The molecule has 0 aliphatic carbocycles. The Bertz CT molecular complexity index is 1070. The summed E-state index contributed by atoms with van der Waals surface area (Å²) in [5.41, 5.74) is -2.62. The Morgan fingerprint density at radius 3 is 2.65 bits per heavy atom. The van der Waals surface area contributed by atoms with Crippen LogP contribution in [-0.4, -0.2) is 51.1 Å². The summed E-state index contributed by atoms with van der Waals surface area (Å²) in [6, 6.07) is 9.46. The van der Waals surface area contributed by atoms with Gasteiger partial charge in [-0.2, -0.15) is 0 Å². The van der Waals surface area contributed by atoms with Gasteiger partial charge in [-0.3, -0.25) is 19.1 Å². The van der Waals surface area contributed by atoms with Crippen molar-refractivity contribution >= 4 is 14.5 Å². The molecule has 3 unspecified atom stereocenters. The van der Waals surface area contributed by atoms with Crippen molar-refractivity contribution in [2.75, 3.05) is 6.61 Å². The minimum absolute atomic E-state index is 0.0161. The lowest BCUT2D eigenvalue weighted by atomic mass is 10.0. The summed E-state index contributed by atoms with van der Waals surface area (Å²) in [5, 5.41) is 13.8. The van der Waals surface area contributed by atoms with Crippen LogP contribution in [0.15, 0.2) is 52.2 Å². The van der Waals surface area contributed by atoms with Gasteiger partial charge in [0.25, 0.3) is 5.56 Å². The fraction of sp³-hybridized carbons (Fsp3) is 0.500. The average Bonchev–Trinajstić information content (AvgIpc) is 3.06. The lowest BCUT2D eigenvalue weighted by Crippen LogP contribution is -2.40. The van der Waals surface area contributed by atoms with E-state index in [1.54, 1.807) is 39.8 Å². The number of aromatic amines is 1. The van der Waals surface area contributed by atoms with Gasteiger partial charge in [-0.05, 0) is 39.8 Å². The van der Waals surface area contributed by atoms with Crippen LogP contribution in [0.1, 0.15) is 40.3 Å². The molecule has 1 aromatic carbocycles. The van der Waals surface area contributed by atoms with Gasteiger partial charge >= 0.3 is 20.2 Å². The third-order valence-electron chi connectivity index (χ3n) is 4.91. The normalized spacial score (nSPS) is 24.1. The molecule has 0 radical (unpaired) electrons. The van der Waals surface area contributed by atoms with Crippen LogP contribution in [0.4, 0.5) is 0 Å². The predicted molar refractivity (Wildman–Crippen MR) is 124 cm³/mol. The number of hydrogen-bond acceptors (Lipinski definition) is 9. The summed E-state index contributed by atoms with van der Waals surface area (Å²) in [6.45, 7) is 6.73. The summed E-state index contributed by atoms with van der Waals surface area (Å²) < 4.78 is 24.1. The molecule has 0 spiro atoms. The molecule has 2 heterocycles. The summed E-state index contributed by atoms with van der Waals surface area (Å²) in [6.07, 6.45) is -0.412. The minimum atomic E-state index is -1.79. The van der Waals surface area contributed by atoms with Crippen LogP contribution < -0.4 is 20.9 Å². The zero-order valence-electron chi connectivity index (χ0n) is 19.5. The third-order valence-corrected chi connectivity index (χ3v) is 6.27. The van der Waals surface area contributed by atoms with Crippen LogP contribution >= 0.6 is 8.53 Å². The molecule has 0 bridgehead atoms. The second-order valence-corrected chi connectivity index (χ2v) is 9.70. The van der Waals surface area contributed by atoms with Gasteiger partial charge in [-0.1, -0.05) is 18.2 Å². The van der Waals surface area contributed by atoms with Crippen LogP contribution in [0, 0.1) is 0 Å². The number of nitrogens with one attached hydrogen (secondary N) is 2. The maximum absolute atomic E-state index is 12.2. The highest BCUT2D eigenvalue weighted by Crippen LogP contribution is 2.41. The highest BCUT2D eigenvalue weighted by molar-refractivity contribution is 7.45. The first-order chi connectivity index (χ1) is 16.0. The average molecular weight is 495 g/mol. The second kappa shape index (κ2) is 11.2. The Balaban J connectivity index is 1.68. The zero-order chi connectivity index (χ0) is 24.9. The molecule has 0 saturated carbocycles. The van der Waals surface area contributed by atoms with Gasteiger partial charge in [0.2, 0.25) is 0 Å². The van der Waals surface area contributed by atoms with E-state index in [0.717, 1.165) is 4.57 Å². The van der Waals surface area contributed by atoms with Crippen molar-refractivity contribution in [3.8, 4) is 5.75 Å². The highest BCUT2D eigenvalue weighted by atomic mass is 31.2. The summed E-state index contributed by atoms with van der Waals surface area (Å²) in [7, 11) is -1.79. The Labute approximate surface area is 198 Å². The first kappa shape index (κ1) is 26.1. The Morgan fingerprint density at radius 2 is 2.00 bits per heavy atom. The van der Waals surface area contributed by atoms with E-state index in [4.69, 9.17) is 18.5 Å². The predicted octanol–water partition coefficient (Wildman–Crippen LogP) is 1.83. The number of nitrogens with zero attached hydrogens (tertiary/aromatic N) is 1. The maximum Gasteiger partial charge on any atom is 0.330 e. The number of para-hydroxylation sites is 1. The lowest BCUT2D eigenvalue weighted by Gasteiger charge is -2.25. The molecule has 12 heteroatoms. The van der Waals surface area contributed by atoms with Gasteiger partial charge in [0.15, 0.2) is 6.23 Å². The molecular weight excluding hydrogens is 465 g/mol. The molecule has 0 amide bonds. The molecule has 5 atom stereocenters. The van der Waals surface area contributed by atoms with Crippen molar-refractivity contribution < 1.29 is 28.4 Å². The van der Waals surface area contributed by atoms with Gasteiger partial charge in [0.05, 0.1) is 18.8 Å². The molecule has 1 aromatic heterocycles. The Hall–Kier alpha value is -2.56. The molecule has 186 valence electrons. The van der Waals surface area contributed by atoms with Crippen molar-refractivity contribution in [1.82, 2.24) is 14.6 Å². The standard InChI is InChI=1S/C22H30N3O8P/c1-14(2)31-19(27)15(3)24-34(33-16-8-6-5-7-9-16)30-13-17-12-22(4,29)20(32-17)25-11-10-18(26)23-21(25)28/h5-11,14-15,17,20,24,29H,12-13H2,1-4H3,(H,23,26,28)/t15?,17?,20?,22-,34-/m1/s1. The Morgan fingerprint density at radius 1 is 1.29 bits per heavy atom. The lowest BCUT2D eigenvalue weighted by molar-refractivity contribution is -0.149. The number of carbonyl (C=O) groups excluding carboxylic acids is 1. The fourth-order valence-electron chi connectivity index (χ4n) is 3.38. The summed E-state index contributed by atoms with van der Waals surface area (Å²) in [5.74, 6) is 0.0999. The van der Waals surface area contributed by atoms with Crippen molar-refractivity contribution in [3.05, 3.63) is 63.4 Å². The van der Waals surface area contributed by atoms with Gasteiger partial charge in [0, 0.05) is 18.7 Å². The molecule has 1 saturated heterocycles.